The van der Waals surface area contributed by atoms with Crippen molar-refractivity contribution < 1.29 is 17.3 Å². The normalized spacial score (nSPS) is 18.1. The molecule has 4 nitrogen and oxygen atoms in total. The molecule has 0 fully saturated rings. The number of benzene rings is 2. The third-order valence-corrected chi connectivity index (χ3v) is 7.49. The molecule has 0 bridgehead atoms. The van der Waals surface area contributed by atoms with Crippen molar-refractivity contribution >= 4 is 10.1 Å². The van der Waals surface area contributed by atoms with Crippen LogP contribution in [0.4, 0.5) is 0 Å². The van der Waals surface area contributed by atoms with E-state index in [1.54, 1.807) is 7.11 Å². The Kier molecular flexibility index (Phi) is 10.3. The molecule has 2 unspecified atom stereocenters. The van der Waals surface area contributed by atoms with Gasteiger partial charge in [-0.05, 0) is 66.3 Å². The van der Waals surface area contributed by atoms with E-state index in [4.69, 9.17) is 8.92 Å². The van der Waals surface area contributed by atoms with Crippen LogP contribution in [0.1, 0.15) is 92.7 Å². The monoisotopic (exact) mass is 472 g/mol. The molecule has 2 atom stereocenters. The standard InChI is InChI=1S/C28H40O4S/c1-31-25-18-20-27-24(22-25)17-19-26(23-14-10-9-11-15-23)28(27)16-12-7-5-3-4-6-8-13-21-32-33(2,29)30/h9-11,14-15,18,20,22,26,28H,3-8,12-13,16-17,19,21H2,1-2H3. The van der Waals surface area contributed by atoms with E-state index in [2.05, 4.69) is 48.5 Å². The molecule has 0 N–H and O–H groups in total. The van der Waals surface area contributed by atoms with E-state index in [1.807, 2.05) is 0 Å². The van der Waals surface area contributed by atoms with Crippen molar-refractivity contribution in [3.05, 3.63) is 65.2 Å². The summed E-state index contributed by atoms with van der Waals surface area (Å²) in [6.45, 7) is 0.316. The molecular formula is C28H40O4S. The SMILES string of the molecule is COc1ccc2c(c1)CCC(c1ccccc1)C2CCCCCCCCCCOS(C)(=O)=O. The summed E-state index contributed by atoms with van der Waals surface area (Å²) in [6, 6.07) is 17.7. The molecule has 0 saturated heterocycles. The van der Waals surface area contributed by atoms with Crippen LogP contribution in [0.5, 0.6) is 5.75 Å². The molecule has 2 aromatic carbocycles. The van der Waals surface area contributed by atoms with Gasteiger partial charge < -0.3 is 4.74 Å². The van der Waals surface area contributed by atoms with Crippen LogP contribution in [-0.2, 0) is 20.7 Å². The Morgan fingerprint density at radius 3 is 2.21 bits per heavy atom. The van der Waals surface area contributed by atoms with Crippen LogP contribution in [-0.4, -0.2) is 28.4 Å². The summed E-state index contributed by atoms with van der Waals surface area (Å²) in [5, 5.41) is 0. The number of rotatable bonds is 14. The Labute approximate surface area is 200 Å². The van der Waals surface area contributed by atoms with Gasteiger partial charge in [-0.15, -0.1) is 0 Å². The van der Waals surface area contributed by atoms with E-state index in [0.29, 0.717) is 18.4 Å². The Hall–Kier alpha value is -1.85. The summed E-state index contributed by atoms with van der Waals surface area (Å²) < 4.78 is 32.2. The van der Waals surface area contributed by atoms with Crippen molar-refractivity contribution in [3.8, 4) is 5.75 Å². The first kappa shape index (κ1) is 25.8. The summed E-state index contributed by atoms with van der Waals surface area (Å²) in [5.74, 6) is 2.15. The summed E-state index contributed by atoms with van der Waals surface area (Å²) in [4.78, 5) is 0. The second kappa shape index (κ2) is 13.1. The average molecular weight is 473 g/mol. The number of ether oxygens (including phenoxy) is 1. The predicted molar refractivity (Wildman–Crippen MR) is 136 cm³/mol. The lowest BCUT2D eigenvalue weighted by Crippen LogP contribution is -2.19. The van der Waals surface area contributed by atoms with Crippen LogP contribution in [0.3, 0.4) is 0 Å². The highest BCUT2D eigenvalue weighted by Crippen LogP contribution is 2.45. The van der Waals surface area contributed by atoms with Crippen LogP contribution >= 0.6 is 0 Å². The van der Waals surface area contributed by atoms with Gasteiger partial charge in [0, 0.05) is 0 Å². The fraction of sp³-hybridized carbons (Fsp3) is 0.571. The molecule has 2 aromatic rings. The van der Waals surface area contributed by atoms with Crippen molar-refractivity contribution in [2.45, 2.75) is 82.5 Å². The van der Waals surface area contributed by atoms with E-state index in [-0.39, 0.29) is 0 Å². The molecule has 5 heteroatoms. The second-order valence-corrected chi connectivity index (χ2v) is 11.0. The van der Waals surface area contributed by atoms with Crippen LogP contribution in [0.25, 0.3) is 0 Å². The van der Waals surface area contributed by atoms with Gasteiger partial charge in [-0.3, -0.25) is 4.18 Å². The van der Waals surface area contributed by atoms with E-state index in [1.165, 1.54) is 61.6 Å². The van der Waals surface area contributed by atoms with Crippen molar-refractivity contribution in [1.29, 1.82) is 0 Å². The van der Waals surface area contributed by atoms with Gasteiger partial charge in [0.15, 0.2) is 0 Å². The third-order valence-electron chi connectivity index (χ3n) is 6.89. The molecule has 0 amide bonds. The highest BCUT2D eigenvalue weighted by Gasteiger charge is 2.30. The Morgan fingerprint density at radius 1 is 0.879 bits per heavy atom. The zero-order valence-corrected chi connectivity index (χ0v) is 21.1. The number of hydrogen-bond acceptors (Lipinski definition) is 4. The predicted octanol–water partition coefficient (Wildman–Crippen LogP) is 7.00. The Bertz CT molecular complexity index is 940. The molecule has 3 rings (SSSR count). The summed E-state index contributed by atoms with van der Waals surface area (Å²) in [6.07, 6.45) is 14.0. The highest BCUT2D eigenvalue weighted by atomic mass is 32.2. The topological polar surface area (TPSA) is 52.6 Å². The largest absolute Gasteiger partial charge is 0.497 e. The van der Waals surface area contributed by atoms with Crippen LogP contribution in [0.2, 0.25) is 0 Å². The third kappa shape index (κ3) is 8.46. The lowest BCUT2D eigenvalue weighted by molar-refractivity contribution is 0.309. The minimum absolute atomic E-state index is 0.316. The van der Waals surface area contributed by atoms with E-state index in [9.17, 15) is 8.42 Å². The van der Waals surface area contributed by atoms with Crippen molar-refractivity contribution in [1.82, 2.24) is 0 Å². The molecule has 0 radical (unpaired) electrons. The molecule has 0 aromatic heterocycles. The number of hydrogen-bond donors (Lipinski definition) is 0. The number of aryl methyl sites for hydroxylation is 1. The summed E-state index contributed by atoms with van der Waals surface area (Å²) in [5.41, 5.74) is 4.46. The van der Waals surface area contributed by atoms with Crippen LogP contribution in [0, 0.1) is 0 Å². The maximum absolute atomic E-state index is 11.0. The lowest BCUT2D eigenvalue weighted by atomic mass is 9.70. The maximum atomic E-state index is 11.0. The zero-order valence-electron chi connectivity index (χ0n) is 20.3. The lowest BCUT2D eigenvalue weighted by Gasteiger charge is -2.34. The van der Waals surface area contributed by atoms with Gasteiger partial charge in [-0.25, -0.2) is 0 Å². The van der Waals surface area contributed by atoms with Gasteiger partial charge in [0.1, 0.15) is 5.75 Å². The first-order chi connectivity index (χ1) is 16.0. The van der Waals surface area contributed by atoms with Gasteiger partial charge in [-0.2, -0.15) is 8.42 Å². The number of methoxy groups -OCH3 is 1. The quantitative estimate of drug-likeness (QED) is 0.219. The molecule has 33 heavy (non-hydrogen) atoms. The average Bonchev–Trinajstić information content (AvgIpc) is 2.81. The van der Waals surface area contributed by atoms with Gasteiger partial charge in [0.25, 0.3) is 10.1 Å². The molecule has 0 saturated carbocycles. The highest BCUT2D eigenvalue weighted by molar-refractivity contribution is 7.85. The molecule has 1 aliphatic rings. The second-order valence-electron chi connectivity index (χ2n) is 9.37. The van der Waals surface area contributed by atoms with Crippen LogP contribution in [0.15, 0.2) is 48.5 Å². The van der Waals surface area contributed by atoms with Crippen molar-refractivity contribution in [3.63, 3.8) is 0 Å². The minimum Gasteiger partial charge on any atom is -0.497 e. The van der Waals surface area contributed by atoms with E-state index in [0.717, 1.165) is 37.7 Å². The molecule has 0 heterocycles. The van der Waals surface area contributed by atoms with Crippen molar-refractivity contribution in [2.24, 2.45) is 0 Å². The first-order valence-corrected chi connectivity index (χ1v) is 14.4. The summed E-state index contributed by atoms with van der Waals surface area (Å²) >= 11 is 0. The van der Waals surface area contributed by atoms with Crippen LogP contribution < -0.4 is 4.74 Å². The molecule has 182 valence electrons. The first-order valence-electron chi connectivity index (χ1n) is 12.5. The maximum Gasteiger partial charge on any atom is 0.264 e. The Morgan fingerprint density at radius 2 is 1.55 bits per heavy atom. The fourth-order valence-electron chi connectivity index (χ4n) is 5.21. The van der Waals surface area contributed by atoms with Gasteiger partial charge in [0.05, 0.1) is 20.0 Å². The molecular weight excluding hydrogens is 432 g/mol. The van der Waals surface area contributed by atoms with Gasteiger partial charge in [0.2, 0.25) is 0 Å². The minimum atomic E-state index is -3.29. The molecule has 0 aliphatic heterocycles. The number of unbranched alkanes of at least 4 members (excludes halogenated alkanes) is 7. The van der Waals surface area contributed by atoms with Crippen molar-refractivity contribution in [2.75, 3.05) is 20.0 Å². The van der Waals surface area contributed by atoms with E-state index >= 15 is 0 Å². The zero-order chi connectivity index (χ0) is 23.5. The smallest absolute Gasteiger partial charge is 0.264 e. The molecule has 1 aliphatic carbocycles. The van der Waals surface area contributed by atoms with Gasteiger partial charge in [-0.1, -0.05) is 81.3 Å². The molecule has 0 spiro atoms. The fourth-order valence-corrected chi connectivity index (χ4v) is 5.63. The van der Waals surface area contributed by atoms with Gasteiger partial charge >= 0.3 is 0 Å². The van der Waals surface area contributed by atoms with E-state index < -0.39 is 10.1 Å². The Balaban J connectivity index is 1.44. The summed E-state index contributed by atoms with van der Waals surface area (Å²) in [7, 11) is -1.54. The number of fused-ring (bicyclic) bond motifs is 1.